The second-order valence-corrected chi connectivity index (χ2v) is 8.23. The molecule has 1 saturated heterocycles. The SMILES string of the molecule is NS(=O)(=O)c1cccc(NC(=O)c2cc(C(F)(F)F)cnc2N2CCCCC2)c1. The van der Waals surface area contributed by atoms with Gasteiger partial charge >= 0.3 is 6.18 Å². The molecule has 1 aliphatic heterocycles. The van der Waals surface area contributed by atoms with Crippen LogP contribution in [0.25, 0.3) is 0 Å². The zero-order chi connectivity index (χ0) is 21.2. The van der Waals surface area contributed by atoms with Crippen molar-refractivity contribution in [2.45, 2.75) is 30.3 Å². The lowest BCUT2D eigenvalue weighted by Crippen LogP contribution is -2.32. The van der Waals surface area contributed by atoms with Gasteiger partial charge in [-0.05, 0) is 43.5 Å². The number of hydrogen-bond donors (Lipinski definition) is 2. The van der Waals surface area contributed by atoms with E-state index in [1.807, 2.05) is 0 Å². The van der Waals surface area contributed by atoms with Crippen LogP contribution in [0.1, 0.15) is 35.2 Å². The fraction of sp³-hybridized carbons (Fsp3) is 0.333. The second-order valence-electron chi connectivity index (χ2n) is 6.67. The summed E-state index contributed by atoms with van der Waals surface area (Å²) >= 11 is 0. The van der Waals surface area contributed by atoms with E-state index >= 15 is 0 Å². The molecule has 1 aromatic carbocycles. The minimum absolute atomic E-state index is 0.0866. The standard InChI is InChI=1S/C18H19F3N4O3S/c19-18(20,21)12-9-15(16(23-11-12)25-7-2-1-3-8-25)17(26)24-13-5-4-6-14(10-13)29(22,27)28/h4-6,9-11H,1-3,7-8H2,(H,24,26)(H2,22,27,28). The number of sulfonamides is 1. The van der Waals surface area contributed by atoms with Crippen LogP contribution in [0.15, 0.2) is 41.4 Å². The summed E-state index contributed by atoms with van der Waals surface area (Å²) in [5, 5.41) is 7.51. The fourth-order valence-electron chi connectivity index (χ4n) is 3.09. The summed E-state index contributed by atoms with van der Waals surface area (Å²) in [6, 6.07) is 5.92. The minimum Gasteiger partial charge on any atom is -0.356 e. The number of carbonyl (C=O) groups excluding carboxylic acids is 1. The summed E-state index contributed by atoms with van der Waals surface area (Å²) in [6.07, 6.45) is -1.25. The van der Waals surface area contributed by atoms with Gasteiger partial charge in [0.05, 0.1) is 16.0 Å². The van der Waals surface area contributed by atoms with E-state index in [1.165, 1.54) is 18.2 Å². The number of benzene rings is 1. The quantitative estimate of drug-likeness (QED) is 0.779. The number of nitrogens with two attached hydrogens (primary N) is 1. The molecule has 1 aromatic heterocycles. The average Bonchev–Trinajstić information content (AvgIpc) is 2.67. The molecule has 1 fully saturated rings. The number of alkyl halides is 3. The van der Waals surface area contributed by atoms with Crippen molar-refractivity contribution in [2.24, 2.45) is 5.14 Å². The van der Waals surface area contributed by atoms with E-state index in [9.17, 15) is 26.4 Å². The van der Waals surface area contributed by atoms with Gasteiger partial charge in [0.1, 0.15) is 5.82 Å². The summed E-state index contributed by atoms with van der Waals surface area (Å²) in [5.74, 6) is -0.659. The molecular weight excluding hydrogens is 409 g/mol. The molecule has 0 unspecified atom stereocenters. The van der Waals surface area contributed by atoms with Crippen LogP contribution in [-0.4, -0.2) is 32.4 Å². The zero-order valence-corrected chi connectivity index (χ0v) is 16.1. The summed E-state index contributed by atoms with van der Waals surface area (Å²) < 4.78 is 62.4. The molecule has 2 heterocycles. The van der Waals surface area contributed by atoms with E-state index < -0.39 is 27.7 Å². The van der Waals surface area contributed by atoms with Crippen molar-refractivity contribution in [1.29, 1.82) is 0 Å². The van der Waals surface area contributed by atoms with Crippen LogP contribution in [0, 0.1) is 0 Å². The van der Waals surface area contributed by atoms with Gasteiger partial charge in [-0.2, -0.15) is 13.2 Å². The Morgan fingerprint density at radius 2 is 1.83 bits per heavy atom. The highest BCUT2D eigenvalue weighted by atomic mass is 32.2. The molecule has 11 heteroatoms. The van der Waals surface area contributed by atoms with Gasteiger partial charge in [0, 0.05) is 25.0 Å². The topological polar surface area (TPSA) is 105 Å². The van der Waals surface area contributed by atoms with E-state index in [2.05, 4.69) is 10.3 Å². The van der Waals surface area contributed by atoms with Gasteiger partial charge < -0.3 is 10.2 Å². The third-order valence-corrected chi connectivity index (χ3v) is 5.43. The number of rotatable bonds is 4. The zero-order valence-electron chi connectivity index (χ0n) is 15.2. The van der Waals surface area contributed by atoms with Gasteiger partial charge in [0.2, 0.25) is 10.0 Å². The Labute approximate surface area is 165 Å². The Balaban J connectivity index is 1.97. The largest absolute Gasteiger partial charge is 0.417 e. The number of primary sulfonamides is 1. The number of carbonyl (C=O) groups is 1. The molecule has 0 bridgehead atoms. The number of piperidine rings is 1. The van der Waals surface area contributed by atoms with E-state index in [-0.39, 0.29) is 22.0 Å². The van der Waals surface area contributed by atoms with Crippen molar-refractivity contribution in [2.75, 3.05) is 23.3 Å². The minimum atomic E-state index is -4.66. The first kappa shape index (κ1) is 21.1. The van der Waals surface area contributed by atoms with Crippen LogP contribution in [-0.2, 0) is 16.2 Å². The Bertz CT molecular complexity index is 1020. The number of amides is 1. The van der Waals surface area contributed by atoms with E-state index in [0.29, 0.717) is 19.3 Å². The Hall–Kier alpha value is -2.66. The van der Waals surface area contributed by atoms with Crippen molar-refractivity contribution < 1.29 is 26.4 Å². The first-order chi connectivity index (χ1) is 13.6. The van der Waals surface area contributed by atoms with Crippen molar-refractivity contribution in [3.8, 4) is 0 Å². The molecule has 1 amide bonds. The maximum Gasteiger partial charge on any atom is 0.417 e. The Morgan fingerprint density at radius 3 is 2.45 bits per heavy atom. The molecule has 1 aliphatic rings. The molecule has 3 rings (SSSR count). The van der Waals surface area contributed by atoms with Gasteiger partial charge in [0.15, 0.2) is 0 Å². The lowest BCUT2D eigenvalue weighted by molar-refractivity contribution is -0.137. The van der Waals surface area contributed by atoms with Gasteiger partial charge in [-0.1, -0.05) is 6.07 Å². The Kier molecular flexibility index (Phi) is 5.80. The third kappa shape index (κ3) is 5.04. The van der Waals surface area contributed by atoms with E-state index in [0.717, 1.165) is 31.4 Å². The molecule has 29 heavy (non-hydrogen) atoms. The lowest BCUT2D eigenvalue weighted by Gasteiger charge is -2.29. The van der Waals surface area contributed by atoms with Crippen LogP contribution in [0.4, 0.5) is 24.7 Å². The highest BCUT2D eigenvalue weighted by Gasteiger charge is 2.33. The molecule has 0 spiro atoms. The number of aromatic nitrogens is 1. The van der Waals surface area contributed by atoms with Crippen LogP contribution in [0.3, 0.4) is 0 Å². The van der Waals surface area contributed by atoms with Gasteiger partial charge in [0.25, 0.3) is 5.91 Å². The summed E-state index contributed by atoms with van der Waals surface area (Å²) in [7, 11) is -4.00. The molecule has 7 nitrogen and oxygen atoms in total. The molecule has 156 valence electrons. The predicted octanol–water partition coefficient (Wildman–Crippen LogP) is 2.99. The first-order valence-corrected chi connectivity index (χ1v) is 10.4. The smallest absolute Gasteiger partial charge is 0.356 e. The number of pyridine rings is 1. The average molecular weight is 428 g/mol. The normalized spacial score (nSPS) is 15.2. The van der Waals surface area contributed by atoms with E-state index in [1.54, 1.807) is 4.90 Å². The van der Waals surface area contributed by atoms with Crippen LogP contribution >= 0.6 is 0 Å². The molecule has 0 radical (unpaired) electrons. The summed E-state index contributed by atoms with van der Waals surface area (Å²) in [6.45, 7) is 1.17. The highest BCUT2D eigenvalue weighted by Crippen LogP contribution is 2.32. The summed E-state index contributed by atoms with van der Waals surface area (Å²) in [5.41, 5.74) is -1.19. The molecule has 2 aromatic rings. The third-order valence-electron chi connectivity index (χ3n) is 4.51. The number of nitrogens with one attached hydrogen (secondary N) is 1. The first-order valence-electron chi connectivity index (χ1n) is 8.82. The maximum absolute atomic E-state index is 13.2. The number of halogens is 3. The molecular formula is C18H19F3N4O3S. The molecule has 0 saturated carbocycles. The highest BCUT2D eigenvalue weighted by molar-refractivity contribution is 7.89. The molecule has 3 N–H and O–H groups in total. The van der Waals surface area contributed by atoms with Gasteiger partial charge in [-0.3, -0.25) is 4.79 Å². The van der Waals surface area contributed by atoms with E-state index in [4.69, 9.17) is 5.14 Å². The molecule has 0 atom stereocenters. The summed E-state index contributed by atoms with van der Waals surface area (Å²) in [4.78, 5) is 18.3. The van der Waals surface area contributed by atoms with Crippen molar-refractivity contribution in [1.82, 2.24) is 4.98 Å². The van der Waals surface area contributed by atoms with Crippen LogP contribution < -0.4 is 15.4 Å². The fourth-order valence-corrected chi connectivity index (χ4v) is 3.65. The van der Waals surface area contributed by atoms with Crippen molar-refractivity contribution in [3.63, 3.8) is 0 Å². The number of anilines is 2. The monoisotopic (exact) mass is 428 g/mol. The van der Waals surface area contributed by atoms with Gasteiger partial charge in [-0.25, -0.2) is 18.5 Å². The number of nitrogens with zero attached hydrogens (tertiary/aromatic N) is 2. The second kappa shape index (κ2) is 7.99. The van der Waals surface area contributed by atoms with Crippen LogP contribution in [0.2, 0.25) is 0 Å². The van der Waals surface area contributed by atoms with Crippen molar-refractivity contribution in [3.05, 3.63) is 47.7 Å². The molecule has 0 aliphatic carbocycles. The van der Waals surface area contributed by atoms with Crippen LogP contribution in [0.5, 0.6) is 0 Å². The Morgan fingerprint density at radius 1 is 1.14 bits per heavy atom. The predicted molar refractivity (Wildman–Crippen MR) is 101 cm³/mol. The maximum atomic E-state index is 13.2. The van der Waals surface area contributed by atoms with Crippen molar-refractivity contribution >= 4 is 27.4 Å². The lowest BCUT2D eigenvalue weighted by atomic mass is 10.1. The number of hydrogen-bond acceptors (Lipinski definition) is 5. The van der Waals surface area contributed by atoms with Gasteiger partial charge in [-0.15, -0.1) is 0 Å².